The number of rotatable bonds is 4. The molecular formula is C12H22N2OS. The van der Waals surface area contributed by atoms with Gasteiger partial charge in [-0.25, -0.2) is 0 Å². The van der Waals surface area contributed by atoms with Gasteiger partial charge in [0.1, 0.15) is 0 Å². The van der Waals surface area contributed by atoms with E-state index in [1.807, 2.05) is 6.26 Å². The maximum absolute atomic E-state index is 12.0. The number of nitrogens with one attached hydrogen (secondary N) is 1. The molecule has 1 N–H and O–H groups in total. The van der Waals surface area contributed by atoms with Crippen molar-refractivity contribution in [2.24, 2.45) is 0 Å². The third-order valence-electron chi connectivity index (χ3n) is 3.82. The Kier molecular flexibility index (Phi) is 4.14. The molecule has 0 aromatic carbocycles. The first kappa shape index (κ1) is 12.2. The summed E-state index contributed by atoms with van der Waals surface area (Å²) in [7, 11) is 0. The molecule has 0 aromatic rings. The number of amides is 1. The second-order valence-electron chi connectivity index (χ2n) is 4.88. The van der Waals surface area contributed by atoms with Crippen LogP contribution in [-0.4, -0.2) is 47.5 Å². The van der Waals surface area contributed by atoms with Crippen LogP contribution in [0.3, 0.4) is 0 Å². The van der Waals surface area contributed by atoms with E-state index in [9.17, 15) is 4.79 Å². The van der Waals surface area contributed by atoms with E-state index in [0.717, 1.165) is 19.4 Å². The molecule has 3 nitrogen and oxygen atoms in total. The van der Waals surface area contributed by atoms with Gasteiger partial charge in [-0.2, -0.15) is 11.8 Å². The molecule has 2 heterocycles. The van der Waals surface area contributed by atoms with E-state index in [2.05, 4.69) is 17.1 Å². The fraction of sp³-hybridized carbons (Fsp3) is 0.917. The molecule has 2 aliphatic rings. The zero-order valence-electron chi connectivity index (χ0n) is 10.2. The minimum atomic E-state index is 0.321. The molecule has 0 saturated carbocycles. The van der Waals surface area contributed by atoms with E-state index >= 15 is 0 Å². The first-order chi connectivity index (χ1) is 7.74. The predicted molar refractivity (Wildman–Crippen MR) is 68.7 cm³/mol. The van der Waals surface area contributed by atoms with Crippen LogP contribution < -0.4 is 5.32 Å². The SMILES string of the molecule is CCN(C(=O)CSC)C1CC2CCC(C1)N2. The highest BCUT2D eigenvalue weighted by Crippen LogP contribution is 2.29. The number of piperidine rings is 1. The lowest BCUT2D eigenvalue weighted by molar-refractivity contribution is -0.131. The highest BCUT2D eigenvalue weighted by molar-refractivity contribution is 7.99. The number of nitrogens with zero attached hydrogens (tertiary/aromatic N) is 1. The molecule has 2 fully saturated rings. The zero-order chi connectivity index (χ0) is 11.5. The van der Waals surface area contributed by atoms with Crippen LogP contribution in [-0.2, 0) is 4.79 Å². The fourth-order valence-corrected chi connectivity index (χ4v) is 3.54. The molecule has 4 heteroatoms. The average molecular weight is 242 g/mol. The Morgan fingerprint density at radius 3 is 2.50 bits per heavy atom. The van der Waals surface area contributed by atoms with Gasteiger partial charge in [-0.15, -0.1) is 0 Å². The highest BCUT2D eigenvalue weighted by Gasteiger charge is 2.36. The largest absolute Gasteiger partial charge is 0.339 e. The molecule has 2 unspecified atom stereocenters. The summed E-state index contributed by atoms with van der Waals surface area (Å²) < 4.78 is 0. The predicted octanol–water partition coefficient (Wildman–Crippen LogP) is 1.48. The molecule has 0 radical (unpaired) electrons. The summed E-state index contributed by atoms with van der Waals surface area (Å²) in [6, 6.07) is 1.82. The summed E-state index contributed by atoms with van der Waals surface area (Å²) in [5, 5.41) is 3.63. The molecule has 2 atom stereocenters. The van der Waals surface area contributed by atoms with Gasteiger partial charge in [0, 0.05) is 24.7 Å². The molecule has 0 spiro atoms. The quantitative estimate of drug-likeness (QED) is 0.810. The first-order valence-electron chi connectivity index (χ1n) is 6.29. The van der Waals surface area contributed by atoms with Gasteiger partial charge < -0.3 is 10.2 Å². The maximum atomic E-state index is 12.0. The second kappa shape index (κ2) is 5.41. The topological polar surface area (TPSA) is 32.3 Å². The van der Waals surface area contributed by atoms with E-state index in [0.29, 0.717) is 29.8 Å². The van der Waals surface area contributed by atoms with Gasteiger partial charge in [-0.1, -0.05) is 0 Å². The van der Waals surface area contributed by atoms with Crippen molar-refractivity contribution in [1.29, 1.82) is 0 Å². The number of carbonyl (C=O) groups is 1. The van der Waals surface area contributed by atoms with Crippen molar-refractivity contribution in [3.05, 3.63) is 0 Å². The van der Waals surface area contributed by atoms with Crippen LogP contribution in [0.1, 0.15) is 32.6 Å². The zero-order valence-corrected chi connectivity index (χ0v) is 11.1. The van der Waals surface area contributed by atoms with Crippen molar-refractivity contribution in [2.75, 3.05) is 18.6 Å². The summed E-state index contributed by atoms with van der Waals surface area (Å²) in [6.45, 7) is 2.96. The first-order valence-corrected chi connectivity index (χ1v) is 7.68. The van der Waals surface area contributed by atoms with Crippen LogP contribution in [0.25, 0.3) is 0 Å². The van der Waals surface area contributed by atoms with Crippen molar-refractivity contribution < 1.29 is 4.79 Å². The van der Waals surface area contributed by atoms with E-state index in [1.54, 1.807) is 11.8 Å². The van der Waals surface area contributed by atoms with Crippen molar-refractivity contribution in [2.45, 2.75) is 50.7 Å². The molecule has 92 valence electrons. The van der Waals surface area contributed by atoms with E-state index in [4.69, 9.17) is 0 Å². The molecule has 16 heavy (non-hydrogen) atoms. The molecule has 2 bridgehead atoms. The van der Waals surface area contributed by atoms with Gasteiger partial charge in [0.2, 0.25) is 5.91 Å². The summed E-state index contributed by atoms with van der Waals surface area (Å²) in [5.74, 6) is 0.953. The molecule has 2 rings (SSSR count). The highest BCUT2D eigenvalue weighted by atomic mass is 32.2. The molecular weight excluding hydrogens is 220 g/mol. The lowest BCUT2D eigenvalue weighted by Gasteiger charge is -2.37. The summed E-state index contributed by atoms with van der Waals surface area (Å²) >= 11 is 1.63. The Hall–Kier alpha value is -0.220. The smallest absolute Gasteiger partial charge is 0.232 e. The third kappa shape index (κ3) is 2.54. The summed E-state index contributed by atoms with van der Waals surface area (Å²) in [6.07, 6.45) is 6.91. The van der Waals surface area contributed by atoms with Crippen LogP contribution in [0, 0.1) is 0 Å². The molecule has 1 amide bonds. The third-order valence-corrected chi connectivity index (χ3v) is 4.35. The van der Waals surface area contributed by atoms with Crippen molar-refractivity contribution in [3.63, 3.8) is 0 Å². The second-order valence-corrected chi connectivity index (χ2v) is 5.74. The number of hydrogen-bond acceptors (Lipinski definition) is 3. The van der Waals surface area contributed by atoms with Crippen LogP contribution in [0.2, 0.25) is 0 Å². The standard InChI is InChI=1S/C12H22N2OS/c1-3-14(12(15)8-16-2)11-6-9-4-5-10(7-11)13-9/h9-11,13H,3-8H2,1-2H3. The average Bonchev–Trinajstić information content (AvgIpc) is 2.59. The lowest BCUT2D eigenvalue weighted by Crippen LogP contribution is -2.50. The van der Waals surface area contributed by atoms with Crippen molar-refractivity contribution >= 4 is 17.7 Å². The Morgan fingerprint density at radius 1 is 1.38 bits per heavy atom. The van der Waals surface area contributed by atoms with Crippen LogP contribution >= 0.6 is 11.8 Å². The maximum Gasteiger partial charge on any atom is 0.232 e. The number of thioether (sulfide) groups is 1. The van der Waals surface area contributed by atoms with Gasteiger partial charge in [0.15, 0.2) is 0 Å². The molecule has 2 aliphatic heterocycles. The number of carbonyl (C=O) groups excluding carboxylic acids is 1. The number of hydrogen-bond donors (Lipinski definition) is 1. The van der Waals surface area contributed by atoms with Gasteiger partial charge in [0.25, 0.3) is 0 Å². The molecule has 2 saturated heterocycles. The molecule has 0 aromatic heterocycles. The van der Waals surface area contributed by atoms with Crippen LogP contribution in [0.15, 0.2) is 0 Å². The Balaban J connectivity index is 1.96. The normalized spacial score (nSPS) is 32.8. The van der Waals surface area contributed by atoms with E-state index in [1.165, 1.54) is 12.8 Å². The van der Waals surface area contributed by atoms with Crippen molar-refractivity contribution in [3.8, 4) is 0 Å². The molecule has 0 aliphatic carbocycles. The van der Waals surface area contributed by atoms with Gasteiger partial charge in [0.05, 0.1) is 5.75 Å². The van der Waals surface area contributed by atoms with Gasteiger partial charge >= 0.3 is 0 Å². The minimum Gasteiger partial charge on any atom is -0.339 e. The van der Waals surface area contributed by atoms with Crippen LogP contribution in [0.4, 0.5) is 0 Å². The van der Waals surface area contributed by atoms with Gasteiger partial charge in [-0.3, -0.25) is 4.79 Å². The Labute approximate surface area is 102 Å². The van der Waals surface area contributed by atoms with Crippen LogP contribution in [0.5, 0.6) is 0 Å². The Morgan fingerprint density at radius 2 is 2.00 bits per heavy atom. The van der Waals surface area contributed by atoms with E-state index in [-0.39, 0.29) is 0 Å². The van der Waals surface area contributed by atoms with Crippen molar-refractivity contribution in [1.82, 2.24) is 10.2 Å². The monoisotopic (exact) mass is 242 g/mol. The lowest BCUT2D eigenvalue weighted by atomic mass is 9.98. The number of fused-ring (bicyclic) bond motifs is 2. The fourth-order valence-electron chi connectivity index (χ4n) is 3.13. The minimum absolute atomic E-state index is 0.321. The summed E-state index contributed by atoms with van der Waals surface area (Å²) in [5.41, 5.74) is 0. The van der Waals surface area contributed by atoms with E-state index < -0.39 is 0 Å². The van der Waals surface area contributed by atoms with Gasteiger partial charge in [-0.05, 0) is 38.9 Å². The summed E-state index contributed by atoms with van der Waals surface area (Å²) in [4.78, 5) is 14.1. The Bertz CT molecular complexity index is 247.